The third-order valence-corrected chi connectivity index (χ3v) is 0.750. The minimum absolute atomic E-state index is 0.147. The predicted molar refractivity (Wildman–Crippen MR) is 23.6 cm³/mol. The molecule has 0 aromatic heterocycles. The molecule has 0 aliphatic rings. The van der Waals surface area contributed by atoms with Gasteiger partial charge in [0.15, 0.2) is 5.90 Å². The van der Waals surface area contributed by atoms with Gasteiger partial charge >= 0.3 is 8.46 Å². The van der Waals surface area contributed by atoms with E-state index in [0.29, 0.717) is 5.90 Å². The lowest BCUT2D eigenvalue weighted by Crippen LogP contribution is -1.26. The van der Waals surface area contributed by atoms with E-state index in [9.17, 15) is 4.57 Å². The smallest absolute Gasteiger partial charge is 0.0857 e. The summed E-state index contributed by atoms with van der Waals surface area (Å²) < 4.78 is 9.31. The molecule has 24 valence electrons. The summed E-state index contributed by atoms with van der Waals surface area (Å²) in [7, 11) is 2.21. The van der Waals surface area contributed by atoms with Gasteiger partial charge in [0.2, 0.25) is 0 Å². The van der Waals surface area contributed by atoms with Crippen LogP contribution < -0.4 is 0 Å². The summed E-state index contributed by atoms with van der Waals surface area (Å²) in [5.41, 5.74) is 0. The first-order valence-corrected chi connectivity index (χ1v) is 2.90. The third-order valence-electron chi connectivity index (χ3n) is 0.0833. The number of rotatable bonds is 1. The summed E-state index contributed by atoms with van der Waals surface area (Å²) in [6.07, 6.45) is 0. The van der Waals surface area contributed by atoms with Crippen molar-refractivity contribution in [2.24, 2.45) is 0 Å². The standard InChI is InChI=1S/CH4OP2/c2-4-1-3/h1,3H2/p+1. The molecule has 0 heterocycles. The molecule has 0 aromatic carbocycles. The lowest BCUT2D eigenvalue weighted by molar-refractivity contribution is 0.601. The molecule has 0 amide bonds. The van der Waals surface area contributed by atoms with E-state index in [-0.39, 0.29) is 8.46 Å². The van der Waals surface area contributed by atoms with Crippen LogP contribution in [0.3, 0.4) is 0 Å². The van der Waals surface area contributed by atoms with Gasteiger partial charge in [-0.15, -0.1) is 0 Å². The van der Waals surface area contributed by atoms with Gasteiger partial charge in [-0.1, -0.05) is 13.8 Å². The molecular weight excluding hydrogens is 90.0 g/mol. The maximum atomic E-state index is 9.31. The molecule has 0 radical (unpaired) electrons. The van der Waals surface area contributed by atoms with Crippen molar-refractivity contribution in [1.29, 1.82) is 0 Å². The van der Waals surface area contributed by atoms with Crippen LogP contribution in [0.25, 0.3) is 0 Å². The molecule has 0 aromatic rings. The van der Waals surface area contributed by atoms with Crippen LogP contribution >= 0.6 is 17.7 Å². The Labute approximate surface area is 29.2 Å². The Balaban J connectivity index is 2.30. The normalized spacial score (nSPS) is 8.25. The topological polar surface area (TPSA) is 17.1 Å². The Morgan fingerprint density at radius 2 is 2.25 bits per heavy atom. The molecule has 1 nitrogen and oxygen atoms in total. The van der Waals surface area contributed by atoms with Gasteiger partial charge in [-0.25, -0.2) is 0 Å². The minimum atomic E-state index is -0.147. The number of hydrogen-bond donors (Lipinski definition) is 0. The Kier molecular flexibility index (Phi) is 4.00. The lowest BCUT2D eigenvalue weighted by atomic mass is 11.9. The van der Waals surface area contributed by atoms with Crippen molar-refractivity contribution in [3.8, 4) is 0 Å². The van der Waals surface area contributed by atoms with Crippen molar-refractivity contribution in [2.45, 2.75) is 0 Å². The first-order valence-electron chi connectivity index (χ1n) is 0.966. The van der Waals surface area contributed by atoms with E-state index in [1.165, 1.54) is 0 Å². The molecule has 2 unspecified atom stereocenters. The van der Waals surface area contributed by atoms with Crippen LogP contribution in [0.2, 0.25) is 0 Å². The summed E-state index contributed by atoms with van der Waals surface area (Å²) in [6.45, 7) is 0. The first-order chi connectivity index (χ1) is 1.91. The van der Waals surface area contributed by atoms with Gasteiger partial charge in [-0.05, 0) is 0 Å². The summed E-state index contributed by atoms with van der Waals surface area (Å²) in [6, 6.07) is 0. The van der Waals surface area contributed by atoms with Crippen LogP contribution in [-0.2, 0) is 4.57 Å². The zero-order valence-corrected chi connectivity index (χ0v) is 4.35. The molecule has 0 aliphatic carbocycles. The van der Waals surface area contributed by atoms with Gasteiger partial charge in [0.25, 0.3) is 0 Å². The fourth-order valence-corrected chi connectivity index (χ4v) is 0. The molecule has 3 heteroatoms. The fraction of sp³-hybridized carbons (Fsp3) is 1.00. The molecule has 4 heavy (non-hydrogen) atoms. The van der Waals surface area contributed by atoms with Crippen LogP contribution in [0.5, 0.6) is 0 Å². The van der Waals surface area contributed by atoms with E-state index in [2.05, 4.69) is 9.24 Å². The maximum Gasteiger partial charge on any atom is 0.328 e. The van der Waals surface area contributed by atoms with Crippen LogP contribution in [0, 0.1) is 0 Å². The van der Waals surface area contributed by atoms with Gasteiger partial charge < -0.3 is 0 Å². The van der Waals surface area contributed by atoms with Crippen LogP contribution in [0.1, 0.15) is 0 Å². The van der Waals surface area contributed by atoms with Gasteiger partial charge in [0.1, 0.15) is 0 Å². The van der Waals surface area contributed by atoms with Gasteiger partial charge in [0.05, 0.1) is 0 Å². The van der Waals surface area contributed by atoms with E-state index in [0.717, 1.165) is 0 Å². The Bertz CT molecular complexity index is 20.0. The van der Waals surface area contributed by atoms with Crippen molar-refractivity contribution in [3.63, 3.8) is 0 Å². The quantitative estimate of drug-likeness (QED) is 0.441. The fourth-order valence-electron chi connectivity index (χ4n) is 0. The molecule has 0 aliphatic heterocycles. The van der Waals surface area contributed by atoms with E-state index < -0.39 is 0 Å². The van der Waals surface area contributed by atoms with Crippen molar-refractivity contribution in [1.82, 2.24) is 0 Å². The summed E-state index contributed by atoms with van der Waals surface area (Å²) >= 11 is 0. The van der Waals surface area contributed by atoms with E-state index in [1.54, 1.807) is 0 Å². The Morgan fingerprint density at radius 3 is 2.25 bits per heavy atom. The third kappa shape index (κ3) is 2.53. The van der Waals surface area contributed by atoms with E-state index in [4.69, 9.17) is 0 Å². The maximum absolute atomic E-state index is 9.31. The molecule has 0 fully saturated rings. The van der Waals surface area contributed by atoms with Crippen molar-refractivity contribution in [3.05, 3.63) is 0 Å². The second-order valence-electron chi connectivity index (χ2n) is 0.348. The highest BCUT2D eigenvalue weighted by molar-refractivity contribution is 7.39. The molecule has 0 spiro atoms. The zero-order valence-electron chi connectivity index (χ0n) is 2.19. The molecule has 0 saturated heterocycles. The highest BCUT2D eigenvalue weighted by atomic mass is 31.1. The molecular formula is CH5OP2+. The van der Waals surface area contributed by atoms with E-state index in [1.807, 2.05) is 0 Å². The Hall–Kier alpha value is 0.530. The average molecular weight is 95.0 g/mol. The molecule has 2 atom stereocenters. The second kappa shape index (κ2) is 3.53. The monoisotopic (exact) mass is 95.0 g/mol. The summed E-state index contributed by atoms with van der Waals surface area (Å²) in [4.78, 5) is 0. The Morgan fingerprint density at radius 1 is 2.00 bits per heavy atom. The summed E-state index contributed by atoms with van der Waals surface area (Å²) in [5.74, 6) is 0.708. The summed E-state index contributed by atoms with van der Waals surface area (Å²) in [5, 5.41) is 0. The van der Waals surface area contributed by atoms with Crippen LogP contribution in [0.4, 0.5) is 0 Å². The van der Waals surface area contributed by atoms with Gasteiger partial charge in [-0.2, -0.15) is 0 Å². The van der Waals surface area contributed by atoms with Crippen LogP contribution in [-0.4, -0.2) is 5.90 Å². The molecule has 0 saturated carbocycles. The van der Waals surface area contributed by atoms with Crippen molar-refractivity contribution >= 4 is 17.7 Å². The highest BCUT2D eigenvalue weighted by Crippen LogP contribution is 1.94. The van der Waals surface area contributed by atoms with Crippen molar-refractivity contribution in [2.75, 3.05) is 5.90 Å². The van der Waals surface area contributed by atoms with E-state index >= 15 is 0 Å². The zero-order chi connectivity index (χ0) is 3.41. The van der Waals surface area contributed by atoms with Crippen molar-refractivity contribution < 1.29 is 4.57 Å². The first kappa shape index (κ1) is 4.53. The second-order valence-corrected chi connectivity index (χ2v) is 2.27. The van der Waals surface area contributed by atoms with Crippen LogP contribution in [0.15, 0.2) is 0 Å². The highest BCUT2D eigenvalue weighted by Gasteiger charge is 1.67. The molecule has 0 bridgehead atoms. The minimum Gasteiger partial charge on any atom is -0.0857 e. The van der Waals surface area contributed by atoms with Gasteiger partial charge in [-0.3, -0.25) is 0 Å². The molecule has 0 rings (SSSR count). The van der Waals surface area contributed by atoms with Gasteiger partial charge in [0, 0.05) is 0 Å². The largest absolute Gasteiger partial charge is 0.328 e. The lowest BCUT2D eigenvalue weighted by Gasteiger charge is -1.38. The average Bonchev–Trinajstić information content (AvgIpc) is 1.37. The predicted octanol–water partition coefficient (Wildman–Crippen LogP) is 0.843. The molecule has 0 N–H and O–H groups in total. The number of hydrogen-bond acceptors (Lipinski definition) is 1. The SMILES string of the molecule is O=[PH+]CP.